The van der Waals surface area contributed by atoms with Crippen molar-refractivity contribution in [3.8, 4) is 0 Å². The number of hydrogen-bond donors (Lipinski definition) is 0. The second-order valence-electron chi connectivity index (χ2n) is 3.05. The molecule has 2 aliphatic rings. The zero-order valence-electron chi connectivity index (χ0n) is 6.88. The Morgan fingerprint density at radius 1 is 1.31 bits per heavy atom. The summed E-state index contributed by atoms with van der Waals surface area (Å²) in [6, 6.07) is 0.193. The number of aliphatic imine (C=N–C) groups is 1. The third-order valence-corrected chi connectivity index (χ3v) is 2.31. The molecule has 1 aromatic rings. The number of allylic oxidation sites excluding steroid dienone is 1. The molecule has 0 radical (unpaired) electrons. The molecule has 0 N–H and O–H groups in total. The molecular weight excluding hydrogens is 162 g/mol. The topological polar surface area (TPSA) is 38.1 Å². The standard InChI is InChI=1S/C10H7N3/c1-2-10-8(5-11-6-13-10)7-3-4-12-9(1)7/h1-6,9H. The Bertz CT molecular complexity index is 443. The van der Waals surface area contributed by atoms with Crippen LogP contribution < -0.4 is 0 Å². The fourth-order valence-corrected chi connectivity index (χ4v) is 1.67. The van der Waals surface area contributed by atoms with Crippen LogP contribution in [0.4, 0.5) is 0 Å². The summed E-state index contributed by atoms with van der Waals surface area (Å²) in [6.45, 7) is 0. The van der Waals surface area contributed by atoms with Gasteiger partial charge < -0.3 is 0 Å². The third kappa shape index (κ3) is 0.869. The minimum Gasteiger partial charge on any atom is -0.281 e. The van der Waals surface area contributed by atoms with Crippen molar-refractivity contribution >= 4 is 17.9 Å². The highest BCUT2D eigenvalue weighted by Crippen LogP contribution is 2.30. The SMILES string of the molecule is C1=CC2N=CC=C2c2cncnc21. The van der Waals surface area contributed by atoms with Crippen molar-refractivity contribution in [1.82, 2.24) is 9.97 Å². The van der Waals surface area contributed by atoms with Gasteiger partial charge in [0.05, 0.1) is 11.7 Å². The normalized spacial score (nSPS) is 22.5. The molecule has 0 saturated heterocycles. The van der Waals surface area contributed by atoms with Gasteiger partial charge in [0.15, 0.2) is 0 Å². The van der Waals surface area contributed by atoms with E-state index in [1.54, 1.807) is 6.33 Å². The molecule has 0 fully saturated rings. The summed E-state index contributed by atoms with van der Waals surface area (Å²) < 4.78 is 0. The number of nitrogens with zero attached hydrogens (tertiary/aromatic N) is 3. The fraction of sp³-hybridized carbons (Fsp3) is 0.100. The van der Waals surface area contributed by atoms with E-state index < -0.39 is 0 Å². The van der Waals surface area contributed by atoms with Crippen LogP contribution in [0.3, 0.4) is 0 Å². The second kappa shape index (κ2) is 2.36. The molecule has 2 heterocycles. The quantitative estimate of drug-likeness (QED) is 0.587. The monoisotopic (exact) mass is 169 g/mol. The molecule has 3 rings (SSSR count). The molecule has 1 atom stereocenters. The van der Waals surface area contributed by atoms with Gasteiger partial charge in [0.25, 0.3) is 0 Å². The molecule has 0 bridgehead atoms. The van der Waals surface area contributed by atoms with Crippen LogP contribution in [0.25, 0.3) is 11.6 Å². The average Bonchev–Trinajstić information content (AvgIpc) is 2.65. The maximum Gasteiger partial charge on any atom is 0.116 e. The summed E-state index contributed by atoms with van der Waals surface area (Å²) in [5.41, 5.74) is 3.30. The minimum atomic E-state index is 0.193. The molecule has 3 heteroatoms. The molecule has 1 unspecified atom stereocenters. The summed E-state index contributed by atoms with van der Waals surface area (Å²) in [5.74, 6) is 0. The van der Waals surface area contributed by atoms with Gasteiger partial charge in [0, 0.05) is 18.0 Å². The van der Waals surface area contributed by atoms with Gasteiger partial charge in [-0.25, -0.2) is 9.97 Å². The van der Waals surface area contributed by atoms with Gasteiger partial charge >= 0.3 is 0 Å². The first kappa shape index (κ1) is 6.71. The van der Waals surface area contributed by atoms with E-state index in [2.05, 4.69) is 21.0 Å². The second-order valence-corrected chi connectivity index (χ2v) is 3.05. The lowest BCUT2D eigenvalue weighted by atomic mass is 9.95. The van der Waals surface area contributed by atoms with Crippen LogP contribution in [-0.4, -0.2) is 22.2 Å². The average molecular weight is 169 g/mol. The molecule has 0 amide bonds. The predicted octanol–water partition coefficient (Wildman–Crippen LogP) is 1.34. The van der Waals surface area contributed by atoms with Crippen LogP contribution >= 0.6 is 0 Å². The number of hydrogen-bond acceptors (Lipinski definition) is 3. The predicted molar refractivity (Wildman–Crippen MR) is 51.3 cm³/mol. The zero-order valence-corrected chi connectivity index (χ0v) is 6.88. The maximum atomic E-state index is 4.30. The van der Waals surface area contributed by atoms with Crippen molar-refractivity contribution < 1.29 is 0 Å². The fourth-order valence-electron chi connectivity index (χ4n) is 1.67. The third-order valence-electron chi connectivity index (χ3n) is 2.31. The summed E-state index contributed by atoms with van der Waals surface area (Å²) in [7, 11) is 0. The van der Waals surface area contributed by atoms with Gasteiger partial charge in [-0.05, 0) is 17.7 Å². The van der Waals surface area contributed by atoms with E-state index >= 15 is 0 Å². The van der Waals surface area contributed by atoms with Crippen molar-refractivity contribution in [2.45, 2.75) is 6.04 Å². The number of fused-ring (bicyclic) bond motifs is 3. The maximum absolute atomic E-state index is 4.30. The molecule has 1 aliphatic carbocycles. The Balaban J connectivity index is 2.25. The van der Waals surface area contributed by atoms with Crippen molar-refractivity contribution in [3.05, 3.63) is 35.9 Å². The van der Waals surface area contributed by atoms with Gasteiger partial charge in [-0.3, -0.25) is 4.99 Å². The lowest BCUT2D eigenvalue weighted by molar-refractivity contribution is 1.04. The number of rotatable bonds is 0. The zero-order chi connectivity index (χ0) is 8.67. The highest BCUT2D eigenvalue weighted by atomic mass is 14.8. The summed E-state index contributed by atoms with van der Waals surface area (Å²) >= 11 is 0. The van der Waals surface area contributed by atoms with Crippen LogP contribution in [-0.2, 0) is 0 Å². The van der Waals surface area contributed by atoms with Crippen molar-refractivity contribution in [2.24, 2.45) is 4.99 Å². The molecule has 1 aromatic heterocycles. The number of aromatic nitrogens is 2. The Kier molecular flexibility index (Phi) is 1.22. The first-order valence-electron chi connectivity index (χ1n) is 4.17. The molecule has 0 aromatic carbocycles. The molecule has 13 heavy (non-hydrogen) atoms. The van der Waals surface area contributed by atoms with Crippen LogP contribution in [0, 0.1) is 0 Å². The van der Waals surface area contributed by atoms with Crippen LogP contribution in [0.1, 0.15) is 11.3 Å². The van der Waals surface area contributed by atoms with Gasteiger partial charge in [0.1, 0.15) is 6.33 Å². The largest absolute Gasteiger partial charge is 0.281 e. The van der Waals surface area contributed by atoms with Crippen LogP contribution in [0.5, 0.6) is 0 Å². The van der Waals surface area contributed by atoms with Gasteiger partial charge in [-0.1, -0.05) is 6.08 Å². The van der Waals surface area contributed by atoms with E-state index in [4.69, 9.17) is 0 Å². The van der Waals surface area contributed by atoms with Crippen LogP contribution in [0.2, 0.25) is 0 Å². The smallest absolute Gasteiger partial charge is 0.116 e. The molecule has 1 aliphatic heterocycles. The van der Waals surface area contributed by atoms with Gasteiger partial charge in [-0.2, -0.15) is 0 Å². The van der Waals surface area contributed by atoms with E-state index in [9.17, 15) is 0 Å². The molecular formula is C10H7N3. The van der Waals surface area contributed by atoms with E-state index in [1.807, 2.05) is 24.6 Å². The van der Waals surface area contributed by atoms with Gasteiger partial charge in [0.2, 0.25) is 0 Å². The molecule has 0 spiro atoms. The highest BCUT2D eigenvalue weighted by Gasteiger charge is 2.21. The Labute approximate surface area is 75.6 Å². The Morgan fingerprint density at radius 2 is 2.31 bits per heavy atom. The molecule has 0 saturated carbocycles. The summed E-state index contributed by atoms with van der Waals surface area (Å²) in [4.78, 5) is 12.5. The summed E-state index contributed by atoms with van der Waals surface area (Å²) in [6.07, 6.45) is 11.3. The van der Waals surface area contributed by atoms with Crippen molar-refractivity contribution in [2.75, 3.05) is 0 Å². The van der Waals surface area contributed by atoms with E-state index in [0.29, 0.717) is 0 Å². The van der Waals surface area contributed by atoms with E-state index in [-0.39, 0.29) is 6.04 Å². The van der Waals surface area contributed by atoms with E-state index in [1.165, 1.54) is 5.57 Å². The first-order chi connectivity index (χ1) is 6.45. The lowest BCUT2D eigenvalue weighted by Gasteiger charge is -2.15. The van der Waals surface area contributed by atoms with Crippen molar-refractivity contribution in [3.63, 3.8) is 0 Å². The Morgan fingerprint density at radius 3 is 3.31 bits per heavy atom. The van der Waals surface area contributed by atoms with Gasteiger partial charge in [-0.15, -0.1) is 0 Å². The molecule has 3 nitrogen and oxygen atoms in total. The minimum absolute atomic E-state index is 0.193. The Hall–Kier alpha value is -1.77. The molecule has 62 valence electrons. The lowest BCUT2D eigenvalue weighted by Crippen LogP contribution is -2.07. The summed E-state index contributed by atoms with van der Waals surface area (Å²) in [5, 5.41) is 0. The first-order valence-corrected chi connectivity index (χ1v) is 4.17. The van der Waals surface area contributed by atoms with E-state index in [0.717, 1.165) is 11.3 Å². The van der Waals surface area contributed by atoms with Crippen molar-refractivity contribution in [1.29, 1.82) is 0 Å². The van der Waals surface area contributed by atoms with Crippen LogP contribution in [0.15, 0.2) is 29.7 Å². The highest BCUT2D eigenvalue weighted by molar-refractivity contribution is 5.95.